The Bertz CT molecular complexity index is 1300. The predicted molar refractivity (Wildman–Crippen MR) is 167 cm³/mol. The highest BCUT2D eigenvalue weighted by Gasteiger charge is 2.32. The van der Waals surface area contributed by atoms with E-state index < -0.39 is 6.04 Å². The summed E-state index contributed by atoms with van der Waals surface area (Å²) in [7, 11) is 0. The fourth-order valence-corrected chi connectivity index (χ4v) is 5.68. The summed E-state index contributed by atoms with van der Waals surface area (Å²) >= 11 is 12.7. The van der Waals surface area contributed by atoms with Crippen molar-refractivity contribution in [3.63, 3.8) is 0 Å². The number of nitrogens with zero attached hydrogens (tertiary/aromatic N) is 1. The monoisotopic (exact) mass is 594 g/mol. The molecule has 1 saturated carbocycles. The summed E-state index contributed by atoms with van der Waals surface area (Å²) in [5.41, 5.74) is 2.87. The number of halogens is 2. The van der Waals surface area contributed by atoms with Crippen LogP contribution in [-0.2, 0) is 28.0 Å². The van der Waals surface area contributed by atoms with E-state index in [1.54, 1.807) is 23.1 Å². The van der Waals surface area contributed by atoms with Gasteiger partial charge >= 0.3 is 0 Å². The third kappa shape index (κ3) is 8.98. The molecule has 3 aromatic rings. The molecule has 1 atom stereocenters. The van der Waals surface area contributed by atoms with Crippen molar-refractivity contribution in [1.82, 2.24) is 10.2 Å². The van der Waals surface area contributed by atoms with Gasteiger partial charge in [0.2, 0.25) is 5.91 Å². The lowest BCUT2D eigenvalue weighted by Crippen LogP contribution is -2.53. The van der Waals surface area contributed by atoms with Crippen LogP contribution in [0.15, 0.2) is 72.8 Å². The van der Waals surface area contributed by atoms with Crippen LogP contribution in [0.5, 0.6) is 5.75 Å². The van der Waals surface area contributed by atoms with E-state index >= 15 is 0 Å². The summed E-state index contributed by atoms with van der Waals surface area (Å²) in [6, 6.07) is 22.1. The molecule has 0 saturated heterocycles. The molecule has 0 bridgehead atoms. The number of benzene rings is 3. The van der Waals surface area contributed by atoms with Gasteiger partial charge in [0.15, 0.2) is 6.61 Å². The van der Waals surface area contributed by atoms with Crippen LogP contribution in [0, 0.1) is 0 Å². The van der Waals surface area contributed by atoms with E-state index in [1.807, 2.05) is 54.6 Å². The zero-order valence-corrected chi connectivity index (χ0v) is 25.7. The lowest BCUT2D eigenvalue weighted by atomic mass is 9.87. The first-order valence-corrected chi connectivity index (χ1v) is 15.2. The van der Waals surface area contributed by atoms with Gasteiger partial charge < -0.3 is 15.0 Å². The molecule has 41 heavy (non-hydrogen) atoms. The summed E-state index contributed by atoms with van der Waals surface area (Å²) in [6.07, 6.45) is 5.66. The van der Waals surface area contributed by atoms with Gasteiger partial charge in [-0.2, -0.15) is 0 Å². The number of amides is 2. The predicted octanol–water partition coefficient (Wildman–Crippen LogP) is 7.76. The van der Waals surface area contributed by atoms with E-state index in [9.17, 15) is 9.59 Å². The van der Waals surface area contributed by atoms with Crippen LogP contribution in [0.2, 0.25) is 10.0 Å². The Morgan fingerprint density at radius 3 is 2.27 bits per heavy atom. The Hall–Kier alpha value is -3.02. The van der Waals surface area contributed by atoms with E-state index in [1.165, 1.54) is 12.0 Å². The highest BCUT2D eigenvalue weighted by Crippen LogP contribution is 2.26. The zero-order valence-electron chi connectivity index (χ0n) is 24.2. The summed E-state index contributed by atoms with van der Waals surface area (Å²) < 4.78 is 5.96. The fourth-order valence-electron chi connectivity index (χ4n) is 5.21. The molecule has 218 valence electrons. The molecule has 0 aromatic heterocycles. The highest BCUT2D eigenvalue weighted by molar-refractivity contribution is 6.35. The van der Waals surface area contributed by atoms with Crippen molar-refractivity contribution >= 4 is 35.0 Å². The maximum atomic E-state index is 13.9. The largest absolute Gasteiger partial charge is 0.484 e. The number of hydrogen-bond donors (Lipinski definition) is 1. The topological polar surface area (TPSA) is 58.6 Å². The first kappa shape index (κ1) is 30.9. The van der Waals surface area contributed by atoms with Gasteiger partial charge in [0.05, 0.1) is 0 Å². The van der Waals surface area contributed by atoms with Crippen molar-refractivity contribution in [2.45, 2.75) is 83.3 Å². The molecule has 0 radical (unpaired) electrons. The second-order valence-electron chi connectivity index (χ2n) is 11.9. The van der Waals surface area contributed by atoms with E-state index in [0.29, 0.717) is 27.8 Å². The third-order valence-corrected chi connectivity index (χ3v) is 8.25. The van der Waals surface area contributed by atoms with Crippen LogP contribution in [0.25, 0.3) is 0 Å². The van der Waals surface area contributed by atoms with Gasteiger partial charge in [0.25, 0.3) is 5.91 Å². The van der Waals surface area contributed by atoms with Gasteiger partial charge in [-0.25, -0.2) is 0 Å². The average molecular weight is 596 g/mol. The van der Waals surface area contributed by atoms with Crippen molar-refractivity contribution in [3.8, 4) is 5.75 Å². The molecular weight excluding hydrogens is 555 g/mol. The molecule has 2 amide bonds. The summed E-state index contributed by atoms with van der Waals surface area (Å²) in [6.45, 7) is 6.39. The molecular formula is C34H40Cl2N2O3. The normalized spacial score (nSPS) is 14.8. The number of nitrogens with one attached hydrogen (secondary N) is 1. The van der Waals surface area contributed by atoms with Gasteiger partial charge in [0, 0.05) is 29.1 Å². The van der Waals surface area contributed by atoms with E-state index in [2.05, 4.69) is 26.1 Å². The lowest BCUT2D eigenvalue weighted by Gasteiger charge is -2.33. The number of ether oxygens (including phenoxy) is 1. The van der Waals surface area contributed by atoms with Gasteiger partial charge in [-0.1, -0.05) is 112 Å². The van der Waals surface area contributed by atoms with Crippen molar-refractivity contribution in [2.75, 3.05) is 6.61 Å². The first-order chi connectivity index (χ1) is 19.6. The Labute approximate surface area is 254 Å². The average Bonchev–Trinajstić information content (AvgIpc) is 2.95. The van der Waals surface area contributed by atoms with Crippen LogP contribution in [0.1, 0.15) is 69.6 Å². The first-order valence-electron chi connectivity index (χ1n) is 14.4. The molecule has 3 aromatic carbocycles. The molecule has 5 nitrogen and oxygen atoms in total. The molecule has 7 heteroatoms. The standard InChI is InChI=1S/C34H40Cl2N2O3/c1-34(2,3)26-15-18-29(19-16-26)41-23-32(39)38(22-25-14-17-27(35)21-30(25)36)31(20-24-10-6-4-7-11-24)33(40)37-28-12-8-5-9-13-28/h4,6-7,10-11,14-19,21,28,31H,5,8-9,12-13,20,22-23H2,1-3H3,(H,37,40)/t31-/m1/s1. The van der Waals surface area contributed by atoms with Gasteiger partial charge in [-0.3, -0.25) is 9.59 Å². The zero-order chi connectivity index (χ0) is 29.4. The van der Waals surface area contributed by atoms with Crippen molar-refractivity contribution in [1.29, 1.82) is 0 Å². The van der Waals surface area contributed by atoms with Gasteiger partial charge in [0.1, 0.15) is 11.8 Å². The third-order valence-electron chi connectivity index (χ3n) is 7.66. The number of rotatable bonds is 10. The number of hydrogen-bond acceptors (Lipinski definition) is 3. The summed E-state index contributed by atoms with van der Waals surface area (Å²) in [4.78, 5) is 29.4. The minimum Gasteiger partial charge on any atom is -0.484 e. The van der Waals surface area contributed by atoms with Crippen molar-refractivity contribution in [3.05, 3.63) is 99.5 Å². The Morgan fingerprint density at radius 2 is 1.63 bits per heavy atom. The molecule has 1 aliphatic carbocycles. The fraction of sp³-hybridized carbons (Fsp3) is 0.412. The van der Waals surface area contributed by atoms with Crippen LogP contribution >= 0.6 is 23.2 Å². The van der Waals surface area contributed by atoms with Crippen molar-refractivity contribution < 1.29 is 14.3 Å². The maximum absolute atomic E-state index is 13.9. The van der Waals surface area contributed by atoms with E-state index in [0.717, 1.165) is 31.2 Å². The molecule has 0 aliphatic heterocycles. The minimum absolute atomic E-state index is 0.0132. The Morgan fingerprint density at radius 1 is 0.951 bits per heavy atom. The minimum atomic E-state index is -0.745. The summed E-state index contributed by atoms with van der Waals surface area (Å²) in [5.74, 6) is 0.145. The second kappa shape index (κ2) is 14.2. The molecule has 0 heterocycles. The number of carbonyl (C=O) groups excluding carboxylic acids is 2. The van der Waals surface area contributed by atoms with Crippen LogP contribution in [0.4, 0.5) is 0 Å². The van der Waals surface area contributed by atoms with Crippen LogP contribution in [0.3, 0.4) is 0 Å². The SMILES string of the molecule is CC(C)(C)c1ccc(OCC(=O)N(Cc2ccc(Cl)cc2Cl)[C@H](Cc2ccccc2)C(=O)NC2CCCCC2)cc1. The smallest absolute Gasteiger partial charge is 0.261 e. The Kier molecular flexibility index (Phi) is 10.7. The van der Waals surface area contributed by atoms with Crippen LogP contribution < -0.4 is 10.1 Å². The van der Waals surface area contributed by atoms with Crippen LogP contribution in [-0.4, -0.2) is 35.4 Å². The molecule has 1 N–H and O–H groups in total. The molecule has 0 unspecified atom stereocenters. The molecule has 1 fully saturated rings. The quantitative estimate of drug-likeness (QED) is 0.261. The molecule has 4 rings (SSSR count). The van der Waals surface area contributed by atoms with Gasteiger partial charge in [-0.05, 0) is 59.2 Å². The lowest BCUT2D eigenvalue weighted by molar-refractivity contribution is -0.143. The second-order valence-corrected chi connectivity index (χ2v) is 12.7. The Balaban J connectivity index is 1.61. The van der Waals surface area contributed by atoms with E-state index in [-0.39, 0.29) is 36.4 Å². The molecule has 0 spiro atoms. The summed E-state index contributed by atoms with van der Waals surface area (Å²) in [5, 5.41) is 4.20. The molecule has 1 aliphatic rings. The van der Waals surface area contributed by atoms with Gasteiger partial charge in [-0.15, -0.1) is 0 Å². The van der Waals surface area contributed by atoms with E-state index in [4.69, 9.17) is 27.9 Å². The van der Waals surface area contributed by atoms with Crippen molar-refractivity contribution in [2.24, 2.45) is 0 Å². The highest BCUT2D eigenvalue weighted by atomic mass is 35.5. The maximum Gasteiger partial charge on any atom is 0.261 e. The number of carbonyl (C=O) groups is 2.